The number of esters is 1. The van der Waals surface area contributed by atoms with Crippen molar-refractivity contribution in [2.75, 3.05) is 4.43 Å². The molecule has 0 spiro atoms. The van der Waals surface area contributed by atoms with Gasteiger partial charge in [0, 0.05) is 11.4 Å². The Kier molecular flexibility index (Phi) is 6.04. The van der Waals surface area contributed by atoms with Crippen LogP contribution in [0.3, 0.4) is 0 Å². The van der Waals surface area contributed by atoms with Gasteiger partial charge in [-0.25, -0.2) is 4.79 Å². The van der Waals surface area contributed by atoms with Gasteiger partial charge in [-0.1, -0.05) is 83.3 Å². The summed E-state index contributed by atoms with van der Waals surface area (Å²) in [5, 5.41) is 2.68. The molecule has 2 aromatic carbocycles. The lowest BCUT2D eigenvalue weighted by molar-refractivity contribution is -0.179. The SMILES string of the molecule is CC(=O)NC1(C(=O)OC(c2ccccc2)c2ccccc2)N2C(=O)C[C@H]2SC1(C)CI. The Hall–Kier alpha value is -2.07. The van der Waals surface area contributed by atoms with E-state index in [1.165, 1.54) is 11.8 Å². The Balaban J connectivity index is 1.78. The number of thioether (sulfide) groups is 1. The van der Waals surface area contributed by atoms with E-state index in [1.54, 1.807) is 11.8 Å². The van der Waals surface area contributed by atoms with Gasteiger partial charge in [-0.05, 0) is 18.1 Å². The predicted octanol–water partition coefficient (Wildman–Crippen LogP) is 3.65. The predicted molar refractivity (Wildman–Crippen MR) is 128 cm³/mol. The van der Waals surface area contributed by atoms with E-state index in [0.29, 0.717) is 10.8 Å². The lowest BCUT2D eigenvalue weighted by Crippen LogP contribution is -2.76. The third-order valence-electron chi connectivity index (χ3n) is 5.77. The topological polar surface area (TPSA) is 75.7 Å². The zero-order valence-electron chi connectivity index (χ0n) is 17.2. The van der Waals surface area contributed by atoms with Gasteiger partial charge in [-0.3, -0.25) is 14.5 Å². The largest absolute Gasteiger partial charge is 0.449 e. The molecule has 8 heteroatoms. The maximum absolute atomic E-state index is 13.9. The summed E-state index contributed by atoms with van der Waals surface area (Å²) in [6.45, 7) is 3.27. The third kappa shape index (κ3) is 3.63. The second-order valence-electron chi connectivity index (χ2n) is 7.90. The van der Waals surface area contributed by atoms with E-state index in [9.17, 15) is 14.4 Å². The van der Waals surface area contributed by atoms with Crippen molar-refractivity contribution in [3.05, 3.63) is 71.8 Å². The van der Waals surface area contributed by atoms with E-state index >= 15 is 0 Å². The molecule has 4 rings (SSSR count). The molecular weight excluding hydrogens is 527 g/mol. The van der Waals surface area contributed by atoms with Crippen LogP contribution >= 0.6 is 34.4 Å². The summed E-state index contributed by atoms with van der Waals surface area (Å²) < 4.78 is 5.96. The number of benzene rings is 2. The minimum atomic E-state index is -1.56. The van der Waals surface area contributed by atoms with Gasteiger partial charge in [-0.2, -0.15) is 0 Å². The average Bonchev–Trinajstić information content (AvgIpc) is 2.96. The van der Waals surface area contributed by atoms with Crippen molar-refractivity contribution in [3.63, 3.8) is 0 Å². The van der Waals surface area contributed by atoms with Crippen LogP contribution < -0.4 is 5.32 Å². The van der Waals surface area contributed by atoms with Crippen LogP contribution in [0.25, 0.3) is 0 Å². The number of rotatable bonds is 6. The first-order chi connectivity index (χ1) is 14.8. The zero-order chi connectivity index (χ0) is 22.2. The molecule has 2 amide bonds. The highest BCUT2D eigenvalue weighted by molar-refractivity contribution is 14.1. The van der Waals surface area contributed by atoms with Crippen molar-refractivity contribution >= 4 is 52.1 Å². The van der Waals surface area contributed by atoms with Crippen LogP contribution in [0.5, 0.6) is 0 Å². The fourth-order valence-corrected chi connectivity index (χ4v) is 7.01. The van der Waals surface area contributed by atoms with Gasteiger partial charge in [0.05, 0.1) is 16.5 Å². The molecule has 2 unspecified atom stereocenters. The number of halogens is 1. The Morgan fingerprint density at radius 2 is 1.71 bits per heavy atom. The summed E-state index contributed by atoms with van der Waals surface area (Å²) in [6.07, 6.45) is -0.314. The van der Waals surface area contributed by atoms with E-state index < -0.39 is 22.5 Å². The molecule has 3 atom stereocenters. The number of β-lactam (4-membered cyclic amide) rings is 1. The van der Waals surface area contributed by atoms with Crippen LogP contribution in [0.2, 0.25) is 0 Å². The van der Waals surface area contributed by atoms with E-state index in [0.717, 1.165) is 11.1 Å². The van der Waals surface area contributed by atoms with Crippen molar-refractivity contribution in [1.29, 1.82) is 0 Å². The molecule has 162 valence electrons. The fourth-order valence-electron chi connectivity index (χ4n) is 4.24. The van der Waals surface area contributed by atoms with E-state index in [1.807, 2.05) is 67.6 Å². The van der Waals surface area contributed by atoms with Crippen LogP contribution in [0, 0.1) is 0 Å². The maximum atomic E-state index is 13.9. The number of hydrogen-bond donors (Lipinski definition) is 1. The van der Waals surface area contributed by atoms with Gasteiger partial charge in [0.25, 0.3) is 0 Å². The second-order valence-corrected chi connectivity index (χ2v) is 10.3. The van der Waals surface area contributed by atoms with Gasteiger partial charge in [-0.15, -0.1) is 11.8 Å². The summed E-state index contributed by atoms with van der Waals surface area (Å²) in [4.78, 5) is 40.3. The molecule has 31 heavy (non-hydrogen) atoms. The Labute approximate surface area is 199 Å². The van der Waals surface area contributed by atoms with E-state index in [4.69, 9.17) is 4.74 Å². The lowest BCUT2D eigenvalue weighted by Gasteiger charge is -2.48. The highest BCUT2D eigenvalue weighted by atomic mass is 127. The molecule has 2 aromatic rings. The normalized spacial score (nSPS) is 26.9. The van der Waals surface area contributed by atoms with Crippen molar-refractivity contribution < 1.29 is 19.1 Å². The molecule has 2 aliphatic rings. The fraction of sp³-hybridized carbons (Fsp3) is 0.348. The number of carbonyl (C=O) groups excluding carboxylic acids is 3. The molecule has 0 radical (unpaired) electrons. The second kappa shape index (κ2) is 8.46. The summed E-state index contributed by atoms with van der Waals surface area (Å²) in [7, 11) is 0. The van der Waals surface area contributed by atoms with Gasteiger partial charge >= 0.3 is 5.97 Å². The number of hydrogen-bond acceptors (Lipinski definition) is 5. The van der Waals surface area contributed by atoms with Gasteiger partial charge in [0.15, 0.2) is 6.10 Å². The highest BCUT2D eigenvalue weighted by Crippen LogP contribution is 2.57. The standard InChI is InChI=1S/C23H23IN2O4S/c1-15(27)25-23(22(2,14-24)31-19-13-18(28)26(19)23)21(29)30-20(16-9-5-3-6-10-16)17-11-7-4-8-12-17/h3-12,19-20H,13-14H2,1-2H3,(H,25,27)/t19-,22?,23?/m1/s1. The lowest BCUT2D eigenvalue weighted by atomic mass is 9.89. The minimum Gasteiger partial charge on any atom is -0.449 e. The van der Waals surface area contributed by atoms with Gasteiger partial charge in [0.2, 0.25) is 17.5 Å². The average molecular weight is 550 g/mol. The van der Waals surface area contributed by atoms with Crippen molar-refractivity contribution in [2.24, 2.45) is 0 Å². The molecule has 6 nitrogen and oxygen atoms in total. The Morgan fingerprint density at radius 1 is 1.16 bits per heavy atom. The number of nitrogens with one attached hydrogen (secondary N) is 1. The van der Waals surface area contributed by atoms with Crippen molar-refractivity contribution in [2.45, 2.75) is 42.2 Å². The molecular formula is C23H23IN2O4S. The first-order valence-corrected chi connectivity index (χ1v) is 12.4. The van der Waals surface area contributed by atoms with Crippen LogP contribution in [0.1, 0.15) is 37.5 Å². The molecule has 2 saturated heterocycles. The number of fused-ring (bicyclic) bond motifs is 1. The van der Waals surface area contributed by atoms with E-state index in [2.05, 4.69) is 27.9 Å². The Bertz CT molecular complexity index is 966. The van der Waals surface area contributed by atoms with E-state index in [-0.39, 0.29) is 17.2 Å². The molecule has 0 bridgehead atoms. The van der Waals surface area contributed by atoms with Gasteiger partial charge < -0.3 is 10.1 Å². The molecule has 0 aromatic heterocycles. The number of amides is 2. The third-order valence-corrected chi connectivity index (χ3v) is 9.42. The molecule has 1 N–H and O–H groups in total. The molecule has 2 aliphatic heterocycles. The highest BCUT2D eigenvalue weighted by Gasteiger charge is 2.72. The summed E-state index contributed by atoms with van der Waals surface area (Å²) in [5.41, 5.74) is 0.0636. The smallest absolute Gasteiger partial charge is 0.355 e. The summed E-state index contributed by atoms with van der Waals surface area (Å²) in [6, 6.07) is 18.9. The number of ether oxygens (including phenoxy) is 1. The maximum Gasteiger partial charge on any atom is 0.355 e. The number of carbonyl (C=O) groups is 3. The van der Waals surface area contributed by atoms with Crippen LogP contribution in [-0.4, -0.2) is 42.9 Å². The van der Waals surface area contributed by atoms with Gasteiger partial charge in [0.1, 0.15) is 0 Å². The molecule has 2 heterocycles. The van der Waals surface area contributed by atoms with Crippen molar-refractivity contribution in [1.82, 2.24) is 10.2 Å². The van der Waals surface area contributed by atoms with Crippen LogP contribution in [0.4, 0.5) is 0 Å². The number of alkyl halides is 1. The minimum absolute atomic E-state index is 0.154. The monoisotopic (exact) mass is 550 g/mol. The first kappa shape index (κ1) is 22.1. The molecule has 0 aliphatic carbocycles. The van der Waals surface area contributed by atoms with Crippen LogP contribution in [0.15, 0.2) is 60.7 Å². The molecule has 2 fully saturated rings. The quantitative estimate of drug-likeness (QED) is 0.257. The molecule has 0 saturated carbocycles. The Morgan fingerprint density at radius 3 is 2.16 bits per heavy atom. The summed E-state index contributed by atoms with van der Waals surface area (Å²) in [5.74, 6) is -1.17. The summed E-state index contributed by atoms with van der Waals surface area (Å²) >= 11 is 3.75. The van der Waals surface area contributed by atoms with Crippen molar-refractivity contribution in [3.8, 4) is 0 Å². The zero-order valence-corrected chi connectivity index (χ0v) is 20.2. The first-order valence-electron chi connectivity index (χ1n) is 9.98. The number of nitrogens with zero attached hydrogens (tertiary/aromatic N) is 1. The van der Waals surface area contributed by atoms with Crippen LogP contribution in [-0.2, 0) is 19.1 Å².